The number of piperidine rings is 1. The Labute approximate surface area is 103 Å². The highest BCUT2D eigenvalue weighted by atomic mass is 32.2. The molecule has 0 saturated carbocycles. The minimum Gasteiger partial charge on any atom is -0.337 e. The Morgan fingerprint density at radius 1 is 1.47 bits per heavy atom. The molecule has 2 amide bonds. The molecule has 0 spiro atoms. The van der Waals surface area contributed by atoms with Crippen molar-refractivity contribution in [3.8, 4) is 0 Å². The molecule has 0 aromatic carbocycles. The Hall–Kier alpha value is -0.590. The molecule has 1 aliphatic heterocycles. The number of hydrogen-bond donors (Lipinski definition) is 1. The summed E-state index contributed by atoms with van der Waals surface area (Å²) in [6, 6.07) is -0.0704. The van der Waals surface area contributed by atoms with Crippen LogP contribution in [0.4, 0.5) is 18.0 Å². The van der Waals surface area contributed by atoms with E-state index in [2.05, 4.69) is 5.32 Å². The molecule has 1 unspecified atom stereocenters. The van der Waals surface area contributed by atoms with Crippen LogP contribution in [0.1, 0.15) is 26.2 Å². The van der Waals surface area contributed by atoms with Crippen LogP contribution in [0, 0.1) is 0 Å². The fourth-order valence-corrected chi connectivity index (χ4v) is 2.26. The zero-order chi connectivity index (χ0) is 12.9. The monoisotopic (exact) mass is 270 g/mol. The lowest BCUT2D eigenvalue weighted by molar-refractivity contribution is -0.0327. The standard InChI is InChI=1S/C10H17F3N2OS/c1-8-4-2-3-6-15(8)9(16)14-5-7-17-10(11,12)13/h8H,2-7H2,1H3,(H,14,16). The van der Waals surface area contributed by atoms with E-state index in [1.807, 2.05) is 6.92 Å². The van der Waals surface area contributed by atoms with E-state index in [4.69, 9.17) is 0 Å². The van der Waals surface area contributed by atoms with Gasteiger partial charge in [0.2, 0.25) is 0 Å². The molecular formula is C10H17F3N2OS. The van der Waals surface area contributed by atoms with Gasteiger partial charge in [-0.15, -0.1) is 0 Å². The van der Waals surface area contributed by atoms with Gasteiger partial charge in [-0.3, -0.25) is 0 Å². The number of likely N-dealkylation sites (tertiary alicyclic amines) is 1. The third-order valence-electron chi connectivity index (χ3n) is 2.71. The third kappa shape index (κ3) is 5.52. The maximum atomic E-state index is 11.8. The lowest BCUT2D eigenvalue weighted by Crippen LogP contribution is -2.47. The molecule has 1 saturated heterocycles. The van der Waals surface area contributed by atoms with Crippen molar-refractivity contribution in [1.82, 2.24) is 10.2 Å². The Balaban J connectivity index is 2.20. The van der Waals surface area contributed by atoms with Crippen molar-refractivity contribution in [2.75, 3.05) is 18.8 Å². The van der Waals surface area contributed by atoms with Gasteiger partial charge < -0.3 is 10.2 Å². The zero-order valence-electron chi connectivity index (χ0n) is 9.72. The Morgan fingerprint density at radius 2 is 2.18 bits per heavy atom. The smallest absolute Gasteiger partial charge is 0.337 e. The predicted octanol–water partition coefficient (Wildman–Crippen LogP) is 2.82. The topological polar surface area (TPSA) is 32.3 Å². The number of urea groups is 1. The molecule has 1 heterocycles. The van der Waals surface area contributed by atoms with E-state index in [9.17, 15) is 18.0 Å². The van der Waals surface area contributed by atoms with Crippen molar-refractivity contribution in [1.29, 1.82) is 0 Å². The molecule has 0 radical (unpaired) electrons. The first-order valence-corrected chi connectivity index (χ1v) is 6.64. The normalized spacial score (nSPS) is 21.4. The summed E-state index contributed by atoms with van der Waals surface area (Å²) in [6.45, 7) is 2.70. The summed E-state index contributed by atoms with van der Waals surface area (Å²) < 4.78 is 35.5. The van der Waals surface area contributed by atoms with Gasteiger partial charge in [-0.2, -0.15) is 13.2 Å². The quantitative estimate of drug-likeness (QED) is 0.800. The SMILES string of the molecule is CC1CCCCN1C(=O)NCCSC(F)(F)F. The van der Waals surface area contributed by atoms with Crippen LogP contribution in [0.3, 0.4) is 0 Å². The molecule has 1 rings (SSSR count). The number of nitrogens with zero attached hydrogens (tertiary/aromatic N) is 1. The molecule has 0 aliphatic carbocycles. The molecule has 1 N–H and O–H groups in total. The van der Waals surface area contributed by atoms with Gasteiger partial charge >= 0.3 is 11.5 Å². The fourth-order valence-electron chi connectivity index (χ4n) is 1.83. The molecular weight excluding hydrogens is 253 g/mol. The highest BCUT2D eigenvalue weighted by Crippen LogP contribution is 2.29. The van der Waals surface area contributed by atoms with Crippen LogP contribution in [0.25, 0.3) is 0 Å². The van der Waals surface area contributed by atoms with Gasteiger partial charge in [0.05, 0.1) is 0 Å². The van der Waals surface area contributed by atoms with E-state index in [-0.39, 0.29) is 36.1 Å². The number of hydrogen-bond acceptors (Lipinski definition) is 2. The van der Waals surface area contributed by atoms with Crippen LogP contribution in [-0.2, 0) is 0 Å². The van der Waals surface area contributed by atoms with Crippen LogP contribution >= 0.6 is 11.8 Å². The van der Waals surface area contributed by atoms with Gasteiger partial charge in [0, 0.05) is 24.9 Å². The van der Waals surface area contributed by atoms with Gasteiger partial charge in [0.15, 0.2) is 0 Å². The first-order valence-electron chi connectivity index (χ1n) is 5.65. The minimum absolute atomic E-state index is 0.0478. The van der Waals surface area contributed by atoms with E-state index in [1.54, 1.807) is 4.90 Å². The van der Waals surface area contributed by atoms with Gasteiger partial charge in [-0.25, -0.2) is 4.79 Å². The highest BCUT2D eigenvalue weighted by molar-refractivity contribution is 8.00. The molecule has 0 bridgehead atoms. The van der Waals surface area contributed by atoms with Crippen molar-refractivity contribution in [3.05, 3.63) is 0 Å². The van der Waals surface area contributed by atoms with Gasteiger partial charge in [-0.1, -0.05) is 0 Å². The van der Waals surface area contributed by atoms with Crippen LogP contribution < -0.4 is 5.32 Å². The van der Waals surface area contributed by atoms with Crippen LogP contribution in [0.15, 0.2) is 0 Å². The van der Waals surface area contributed by atoms with E-state index in [0.717, 1.165) is 19.3 Å². The summed E-state index contributed by atoms with van der Waals surface area (Å²) in [5, 5.41) is 2.52. The molecule has 0 aromatic heterocycles. The first-order chi connectivity index (χ1) is 7.90. The second-order valence-corrected chi connectivity index (χ2v) is 5.22. The van der Waals surface area contributed by atoms with Crippen LogP contribution in [-0.4, -0.2) is 41.3 Å². The van der Waals surface area contributed by atoms with Gasteiger partial charge in [0.25, 0.3) is 0 Å². The second-order valence-electron chi connectivity index (χ2n) is 4.06. The average molecular weight is 270 g/mol. The number of alkyl halides is 3. The highest BCUT2D eigenvalue weighted by Gasteiger charge is 2.28. The van der Waals surface area contributed by atoms with Crippen molar-refractivity contribution in [3.63, 3.8) is 0 Å². The second kappa shape index (κ2) is 6.37. The zero-order valence-corrected chi connectivity index (χ0v) is 10.5. The lowest BCUT2D eigenvalue weighted by Gasteiger charge is -2.33. The number of halogens is 3. The molecule has 1 fully saturated rings. The Kier molecular flexibility index (Phi) is 5.42. The number of carbonyl (C=O) groups is 1. The number of carbonyl (C=O) groups excluding carboxylic acids is 1. The Bertz CT molecular complexity index is 260. The third-order valence-corrected chi connectivity index (χ3v) is 3.44. The van der Waals surface area contributed by atoms with Crippen LogP contribution in [0.2, 0.25) is 0 Å². The summed E-state index contributed by atoms with van der Waals surface area (Å²) >= 11 is -0.110. The lowest BCUT2D eigenvalue weighted by atomic mass is 10.0. The number of nitrogens with one attached hydrogen (secondary N) is 1. The molecule has 100 valence electrons. The first kappa shape index (κ1) is 14.5. The summed E-state index contributed by atoms with van der Waals surface area (Å²) in [4.78, 5) is 13.4. The largest absolute Gasteiger partial charge is 0.441 e. The minimum atomic E-state index is -4.22. The van der Waals surface area contributed by atoms with Crippen molar-refractivity contribution in [2.24, 2.45) is 0 Å². The average Bonchev–Trinajstić information content (AvgIpc) is 2.23. The summed E-state index contributed by atoms with van der Waals surface area (Å²) in [7, 11) is 0. The fraction of sp³-hybridized carbons (Fsp3) is 0.900. The summed E-state index contributed by atoms with van der Waals surface area (Å²) in [5.74, 6) is -0.141. The van der Waals surface area contributed by atoms with Crippen molar-refractivity contribution in [2.45, 2.75) is 37.7 Å². The summed E-state index contributed by atoms with van der Waals surface area (Å²) in [6.07, 6.45) is 3.04. The van der Waals surface area contributed by atoms with Gasteiger partial charge in [0.1, 0.15) is 0 Å². The van der Waals surface area contributed by atoms with E-state index >= 15 is 0 Å². The number of thioether (sulfide) groups is 1. The number of rotatable bonds is 3. The maximum absolute atomic E-state index is 11.8. The summed E-state index contributed by atoms with van der Waals surface area (Å²) in [5.41, 5.74) is -4.22. The van der Waals surface area contributed by atoms with Crippen molar-refractivity contribution >= 4 is 17.8 Å². The Morgan fingerprint density at radius 3 is 2.76 bits per heavy atom. The van der Waals surface area contributed by atoms with Gasteiger partial charge in [-0.05, 0) is 37.9 Å². The molecule has 7 heteroatoms. The molecule has 1 atom stereocenters. The number of amides is 2. The van der Waals surface area contributed by atoms with Crippen LogP contribution in [0.5, 0.6) is 0 Å². The molecule has 1 aliphatic rings. The molecule has 17 heavy (non-hydrogen) atoms. The van der Waals surface area contributed by atoms with E-state index in [1.165, 1.54) is 0 Å². The maximum Gasteiger partial charge on any atom is 0.441 e. The predicted molar refractivity (Wildman–Crippen MR) is 61.9 cm³/mol. The van der Waals surface area contributed by atoms with Crippen molar-refractivity contribution < 1.29 is 18.0 Å². The van der Waals surface area contributed by atoms with E-state index < -0.39 is 5.51 Å². The molecule has 0 aromatic rings. The molecule has 3 nitrogen and oxygen atoms in total. The van der Waals surface area contributed by atoms with E-state index in [0.29, 0.717) is 6.54 Å².